The Hall–Kier alpha value is -2.12. The summed E-state index contributed by atoms with van der Waals surface area (Å²) >= 11 is 3.11. The number of nitrogens with zero attached hydrogens (tertiary/aromatic N) is 2. The van der Waals surface area contributed by atoms with Gasteiger partial charge in [-0.15, -0.1) is 23.1 Å². The Morgan fingerprint density at radius 1 is 1.30 bits per heavy atom. The van der Waals surface area contributed by atoms with Gasteiger partial charge in [0.25, 0.3) is 0 Å². The van der Waals surface area contributed by atoms with Gasteiger partial charge in [-0.3, -0.25) is 9.78 Å². The molecule has 0 aromatic carbocycles. The van der Waals surface area contributed by atoms with E-state index in [1.807, 2.05) is 29.6 Å². The van der Waals surface area contributed by atoms with Crippen LogP contribution in [0, 0.1) is 0 Å². The van der Waals surface area contributed by atoms with Gasteiger partial charge >= 0.3 is 0 Å². The molecule has 0 aliphatic rings. The summed E-state index contributed by atoms with van der Waals surface area (Å²) in [5.74, 6) is 1.85. The number of thiazole rings is 1. The van der Waals surface area contributed by atoms with E-state index < -0.39 is 0 Å². The highest BCUT2D eigenvalue weighted by Crippen LogP contribution is 2.23. The van der Waals surface area contributed by atoms with Crippen LogP contribution in [-0.2, 0) is 17.1 Å². The molecule has 0 spiro atoms. The Bertz CT molecular complexity index is 742. The monoisotopic (exact) mass is 345 g/mol. The molecule has 0 atom stereocenters. The molecule has 3 heterocycles. The van der Waals surface area contributed by atoms with E-state index in [1.54, 1.807) is 41.6 Å². The molecule has 1 amide bonds. The summed E-state index contributed by atoms with van der Waals surface area (Å²) in [6.07, 6.45) is 3.35. The van der Waals surface area contributed by atoms with Gasteiger partial charge in [0, 0.05) is 17.3 Å². The van der Waals surface area contributed by atoms with Crippen LogP contribution >= 0.6 is 23.1 Å². The molecule has 3 rings (SSSR count). The molecule has 0 radical (unpaired) electrons. The van der Waals surface area contributed by atoms with Gasteiger partial charge < -0.3 is 9.73 Å². The third-order valence-electron chi connectivity index (χ3n) is 2.96. The Morgan fingerprint density at radius 2 is 2.26 bits per heavy atom. The second kappa shape index (κ2) is 7.94. The van der Waals surface area contributed by atoms with Gasteiger partial charge in [0.1, 0.15) is 10.8 Å². The maximum Gasteiger partial charge on any atom is 0.230 e. The molecule has 0 unspecified atom stereocenters. The summed E-state index contributed by atoms with van der Waals surface area (Å²) in [5.41, 5.74) is 1.85. The summed E-state index contributed by atoms with van der Waals surface area (Å²) < 4.78 is 5.17. The molecule has 0 aliphatic carbocycles. The van der Waals surface area contributed by atoms with Crippen LogP contribution in [0.3, 0.4) is 0 Å². The minimum Gasteiger partial charge on any atom is -0.467 e. The highest BCUT2D eigenvalue weighted by Gasteiger charge is 2.07. The Morgan fingerprint density at radius 3 is 3.04 bits per heavy atom. The van der Waals surface area contributed by atoms with Crippen LogP contribution in [-0.4, -0.2) is 21.6 Å². The SMILES string of the molecule is O=C(CSCc1csc(-c2ccccn2)n1)NCc1ccco1. The molecular formula is C16H15N3O2S2. The Kier molecular flexibility index (Phi) is 5.44. The van der Waals surface area contributed by atoms with Crippen LogP contribution in [0.1, 0.15) is 11.5 Å². The second-order valence-electron chi connectivity index (χ2n) is 4.71. The van der Waals surface area contributed by atoms with Crippen molar-refractivity contribution in [3.05, 3.63) is 59.6 Å². The maximum atomic E-state index is 11.8. The molecule has 3 aromatic rings. The van der Waals surface area contributed by atoms with Crippen molar-refractivity contribution in [3.8, 4) is 10.7 Å². The molecule has 23 heavy (non-hydrogen) atoms. The normalized spacial score (nSPS) is 10.6. The highest BCUT2D eigenvalue weighted by atomic mass is 32.2. The number of pyridine rings is 1. The van der Waals surface area contributed by atoms with Crippen LogP contribution < -0.4 is 5.32 Å². The van der Waals surface area contributed by atoms with Gasteiger partial charge in [-0.25, -0.2) is 4.98 Å². The lowest BCUT2D eigenvalue weighted by atomic mass is 10.4. The second-order valence-corrected chi connectivity index (χ2v) is 6.55. The van der Waals surface area contributed by atoms with Crippen molar-refractivity contribution in [2.75, 3.05) is 5.75 Å². The average molecular weight is 345 g/mol. The van der Waals surface area contributed by atoms with Gasteiger partial charge in [0.2, 0.25) is 5.91 Å². The van der Waals surface area contributed by atoms with Gasteiger partial charge in [-0.1, -0.05) is 6.07 Å². The molecule has 0 saturated carbocycles. The van der Waals surface area contributed by atoms with Gasteiger partial charge in [0.15, 0.2) is 0 Å². The first-order valence-electron chi connectivity index (χ1n) is 7.04. The Labute approximate surface area is 142 Å². The predicted molar refractivity (Wildman–Crippen MR) is 92.1 cm³/mol. The summed E-state index contributed by atoms with van der Waals surface area (Å²) in [6, 6.07) is 9.41. The van der Waals surface area contributed by atoms with E-state index in [2.05, 4.69) is 15.3 Å². The molecule has 0 fully saturated rings. The first-order valence-corrected chi connectivity index (χ1v) is 9.07. The Balaban J connectivity index is 1.42. The van der Waals surface area contributed by atoms with E-state index in [0.29, 0.717) is 18.1 Å². The zero-order valence-electron chi connectivity index (χ0n) is 12.3. The average Bonchev–Trinajstić information content (AvgIpc) is 3.26. The van der Waals surface area contributed by atoms with Crippen LogP contribution in [0.2, 0.25) is 0 Å². The maximum absolute atomic E-state index is 11.8. The van der Waals surface area contributed by atoms with Crippen molar-refractivity contribution in [1.82, 2.24) is 15.3 Å². The largest absolute Gasteiger partial charge is 0.467 e. The number of furan rings is 1. The zero-order valence-corrected chi connectivity index (χ0v) is 13.9. The quantitative estimate of drug-likeness (QED) is 0.711. The number of nitrogens with one attached hydrogen (secondary N) is 1. The molecule has 7 heteroatoms. The molecular weight excluding hydrogens is 330 g/mol. The third kappa shape index (κ3) is 4.67. The van der Waals surface area contributed by atoms with Crippen LogP contribution in [0.5, 0.6) is 0 Å². The van der Waals surface area contributed by atoms with E-state index in [0.717, 1.165) is 22.2 Å². The first-order chi connectivity index (χ1) is 11.3. The van der Waals surface area contributed by atoms with Crippen molar-refractivity contribution in [2.45, 2.75) is 12.3 Å². The van der Waals surface area contributed by atoms with Crippen molar-refractivity contribution in [3.63, 3.8) is 0 Å². The van der Waals surface area contributed by atoms with E-state index >= 15 is 0 Å². The number of aromatic nitrogens is 2. The molecule has 118 valence electrons. The van der Waals surface area contributed by atoms with Crippen molar-refractivity contribution in [2.24, 2.45) is 0 Å². The third-order valence-corrected chi connectivity index (χ3v) is 4.84. The number of hydrogen-bond donors (Lipinski definition) is 1. The fourth-order valence-corrected chi connectivity index (χ4v) is 3.53. The van der Waals surface area contributed by atoms with Crippen molar-refractivity contribution < 1.29 is 9.21 Å². The van der Waals surface area contributed by atoms with Crippen molar-refractivity contribution >= 4 is 29.0 Å². The van der Waals surface area contributed by atoms with Crippen LogP contribution in [0.25, 0.3) is 10.7 Å². The van der Waals surface area contributed by atoms with Gasteiger partial charge in [-0.05, 0) is 24.3 Å². The van der Waals surface area contributed by atoms with E-state index in [1.165, 1.54) is 0 Å². The summed E-state index contributed by atoms with van der Waals surface area (Å²) in [4.78, 5) is 20.6. The molecule has 0 aliphatic heterocycles. The van der Waals surface area contributed by atoms with E-state index in [-0.39, 0.29) is 5.91 Å². The highest BCUT2D eigenvalue weighted by molar-refractivity contribution is 7.99. The lowest BCUT2D eigenvalue weighted by molar-refractivity contribution is -0.118. The topological polar surface area (TPSA) is 68.0 Å². The lowest BCUT2D eigenvalue weighted by Crippen LogP contribution is -2.24. The summed E-state index contributed by atoms with van der Waals surface area (Å²) in [7, 11) is 0. The van der Waals surface area contributed by atoms with Crippen molar-refractivity contribution in [1.29, 1.82) is 0 Å². The predicted octanol–water partition coefficient (Wildman–Crippen LogP) is 3.35. The number of carbonyl (C=O) groups is 1. The van der Waals surface area contributed by atoms with Crippen LogP contribution in [0.4, 0.5) is 0 Å². The molecule has 5 nitrogen and oxygen atoms in total. The molecule has 0 bridgehead atoms. The fourth-order valence-electron chi connectivity index (χ4n) is 1.88. The lowest BCUT2D eigenvalue weighted by Gasteiger charge is -2.02. The number of amides is 1. The molecule has 0 saturated heterocycles. The summed E-state index contributed by atoms with van der Waals surface area (Å²) in [6.45, 7) is 0.424. The minimum absolute atomic E-state index is 0.00780. The fraction of sp³-hybridized carbons (Fsp3) is 0.188. The zero-order chi connectivity index (χ0) is 15.9. The smallest absolute Gasteiger partial charge is 0.230 e. The van der Waals surface area contributed by atoms with E-state index in [9.17, 15) is 4.79 Å². The van der Waals surface area contributed by atoms with E-state index in [4.69, 9.17) is 4.42 Å². The van der Waals surface area contributed by atoms with Gasteiger partial charge in [-0.2, -0.15) is 0 Å². The number of carbonyl (C=O) groups excluding carboxylic acids is 1. The first kappa shape index (κ1) is 15.8. The number of thioether (sulfide) groups is 1. The summed E-state index contributed by atoms with van der Waals surface area (Å²) in [5, 5.41) is 5.74. The van der Waals surface area contributed by atoms with Crippen LogP contribution in [0.15, 0.2) is 52.6 Å². The molecule has 1 N–H and O–H groups in total. The number of hydrogen-bond acceptors (Lipinski definition) is 6. The standard InChI is InChI=1S/C16H15N3O2S2/c20-15(18-8-13-4-3-7-21-13)11-22-9-12-10-23-16(19-12)14-5-1-2-6-17-14/h1-7,10H,8-9,11H2,(H,18,20). The minimum atomic E-state index is -0.00780. The van der Waals surface area contributed by atoms with Gasteiger partial charge in [0.05, 0.1) is 29.9 Å². The number of rotatable bonds is 7. The molecule has 3 aromatic heterocycles.